The van der Waals surface area contributed by atoms with Crippen molar-refractivity contribution < 1.29 is 18.6 Å². The van der Waals surface area contributed by atoms with Crippen molar-refractivity contribution >= 4 is 12.2 Å². The molecule has 0 unspecified atom stereocenters. The maximum absolute atomic E-state index is 5.85. The summed E-state index contributed by atoms with van der Waals surface area (Å²) in [6.07, 6.45) is 0. The lowest BCUT2D eigenvalue weighted by atomic mass is 10.1. The van der Waals surface area contributed by atoms with E-state index in [-0.39, 0.29) is 0 Å². The van der Waals surface area contributed by atoms with Crippen LogP contribution >= 0.6 is 12.2 Å². The van der Waals surface area contributed by atoms with Crippen LogP contribution in [0.4, 0.5) is 0 Å². The zero-order chi connectivity index (χ0) is 27.5. The Bertz CT molecular complexity index is 1630. The summed E-state index contributed by atoms with van der Waals surface area (Å²) in [7, 11) is 3.32. The molecular weight excluding hydrogens is 526 g/mol. The summed E-state index contributed by atoms with van der Waals surface area (Å²) >= 11 is 5.44. The number of rotatable bonds is 8. The van der Waals surface area contributed by atoms with E-state index in [4.69, 9.17) is 35.9 Å². The predicted molar refractivity (Wildman–Crippen MR) is 154 cm³/mol. The minimum atomic E-state index is 0.351. The number of methoxy groups -OCH3 is 2. The van der Waals surface area contributed by atoms with Crippen molar-refractivity contribution in [2.45, 2.75) is 6.67 Å². The first kappa shape index (κ1) is 26.0. The molecule has 1 fully saturated rings. The Labute approximate surface area is 237 Å². The quantitative estimate of drug-likeness (QED) is 0.226. The lowest BCUT2D eigenvalue weighted by Gasteiger charge is -2.25. The fraction of sp³-hybridized carbons (Fsp3) is 0.233. The third-order valence-corrected chi connectivity index (χ3v) is 7.18. The second-order valence-electron chi connectivity index (χ2n) is 9.37. The van der Waals surface area contributed by atoms with Gasteiger partial charge in [0.2, 0.25) is 5.89 Å². The Hall–Kier alpha value is -4.25. The van der Waals surface area contributed by atoms with Gasteiger partial charge in [0.25, 0.3) is 4.84 Å². The molecule has 0 spiro atoms. The van der Waals surface area contributed by atoms with Gasteiger partial charge in [-0.1, -0.05) is 0 Å². The highest BCUT2D eigenvalue weighted by molar-refractivity contribution is 7.71. The summed E-state index contributed by atoms with van der Waals surface area (Å²) in [5.74, 6) is 2.08. The van der Waals surface area contributed by atoms with Gasteiger partial charge in [-0.3, -0.25) is 4.90 Å². The first-order valence-electron chi connectivity index (χ1n) is 13.0. The van der Waals surface area contributed by atoms with Crippen LogP contribution < -0.4 is 9.47 Å². The van der Waals surface area contributed by atoms with E-state index in [0.29, 0.717) is 30.6 Å². The molecule has 0 atom stereocenters. The molecule has 0 amide bonds. The third kappa shape index (κ3) is 5.42. The van der Waals surface area contributed by atoms with Crippen molar-refractivity contribution in [3.05, 3.63) is 83.7 Å². The standard InChI is InChI=1S/C30H29N5O4S/c1-36-25-11-5-21(6-12-25)27-19-28(22-7-13-26(37-2)14-8-22)35(31-27)24-9-3-23(4-10-24)29-32-34(30(40)39-29)20-33-15-17-38-18-16-33/h3-14,19H,15-18,20H2,1-2H3. The molecule has 0 bridgehead atoms. The SMILES string of the molecule is COc1ccc(-c2cc(-c3ccc(OC)cc3)n(-c3ccc(-c4nn(CN5CCOCC5)c(=S)o4)cc3)n2)cc1. The van der Waals surface area contributed by atoms with E-state index in [1.54, 1.807) is 18.9 Å². The van der Waals surface area contributed by atoms with E-state index >= 15 is 0 Å². The zero-order valence-corrected chi connectivity index (χ0v) is 23.1. The Morgan fingerprint density at radius 3 is 2.00 bits per heavy atom. The van der Waals surface area contributed by atoms with Crippen molar-refractivity contribution in [1.82, 2.24) is 24.5 Å². The number of hydrogen-bond acceptors (Lipinski definition) is 8. The Morgan fingerprint density at radius 2 is 1.38 bits per heavy atom. The summed E-state index contributed by atoms with van der Waals surface area (Å²) < 4.78 is 25.6. The van der Waals surface area contributed by atoms with E-state index in [1.807, 2.05) is 77.5 Å². The molecule has 10 heteroatoms. The summed E-state index contributed by atoms with van der Waals surface area (Å²) in [5.41, 5.74) is 5.56. The number of benzene rings is 3. The molecule has 40 heavy (non-hydrogen) atoms. The van der Waals surface area contributed by atoms with E-state index in [9.17, 15) is 0 Å². The molecule has 0 aliphatic carbocycles. The lowest BCUT2D eigenvalue weighted by Crippen LogP contribution is -2.37. The summed E-state index contributed by atoms with van der Waals surface area (Å²) in [4.78, 5) is 2.59. The van der Waals surface area contributed by atoms with Crippen LogP contribution in [0.5, 0.6) is 11.5 Å². The van der Waals surface area contributed by atoms with Crippen molar-refractivity contribution in [3.8, 4) is 51.2 Å². The van der Waals surface area contributed by atoms with Gasteiger partial charge in [-0.05, 0) is 91.1 Å². The number of ether oxygens (including phenoxy) is 3. The number of aromatic nitrogens is 4. The topological polar surface area (TPSA) is 79.7 Å². The Balaban J connectivity index is 1.32. The maximum atomic E-state index is 5.85. The van der Waals surface area contributed by atoms with Crippen molar-refractivity contribution in [3.63, 3.8) is 0 Å². The smallest absolute Gasteiger partial charge is 0.288 e. The van der Waals surface area contributed by atoms with Crippen LogP contribution in [0.2, 0.25) is 0 Å². The lowest BCUT2D eigenvalue weighted by molar-refractivity contribution is 0.0206. The minimum Gasteiger partial charge on any atom is -0.497 e. The third-order valence-electron chi connectivity index (χ3n) is 6.88. The fourth-order valence-electron chi connectivity index (χ4n) is 4.64. The average molecular weight is 556 g/mol. The fourth-order valence-corrected chi connectivity index (χ4v) is 4.82. The Morgan fingerprint density at radius 1 is 0.775 bits per heavy atom. The van der Waals surface area contributed by atoms with E-state index < -0.39 is 0 Å². The number of morpholine rings is 1. The minimum absolute atomic E-state index is 0.351. The molecule has 3 aromatic carbocycles. The van der Waals surface area contributed by atoms with Gasteiger partial charge in [0.1, 0.15) is 11.5 Å². The molecule has 1 aliphatic rings. The summed E-state index contributed by atoms with van der Waals surface area (Å²) in [6.45, 7) is 3.70. The molecule has 6 rings (SSSR count). The zero-order valence-electron chi connectivity index (χ0n) is 22.3. The van der Waals surface area contributed by atoms with Crippen LogP contribution in [0.25, 0.3) is 39.7 Å². The predicted octanol–water partition coefficient (Wildman–Crippen LogP) is 5.70. The first-order chi connectivity index (χ1) is 19.6. The van der Waals surface area contributed by atoms with Gasteiger partial charge in [-0.15, -0.1) is 5.10 Å². The molecule has 3 heterocycles. The van der Waals surface area contributed by atoms with Crippen molar-refractivity contribution in [2.75, 3.05) is 40.5 Å². The van der Waals surface area contributed by atoms with Crippen molar-refractivity contribution in [1.29, 1.82) is 0 Å². The van der Waals surface area contributed by atoms with Crippen LogP contribution in [0.1, 0.15) is 0 Å². The van der Waals surface area contributed by atoms with Crippen LogP contribution in [0, 0.1) is 4.84 Å². The van der Waals surface area contributed by atoms with Crippen LogP contribution in [0.3, 0.4) is 0 Å². The summed E-state index contributed by atoms with van der Waals surface area (Å²) in [6, 6.07) is 25.9. The van der Waals surface area contributed by atoms with Crippen LogP contribution in [0.15, 0.2) is 83.3 Å². The molecule has 0 N–H and O–H groups in total. The second-order valence-corrected chi connectivity index (χ2v) is 9.72. The van der Waals surface area contributed by atoms with Gasteiger partial charge >= 0.3 is 0 Å². The molecule has 2 aromatic heterocycles. The first-order valence-corrected chi connectivity index (χ1v) is 13.4. The van der Waals surface area contributed by atoms with Gasteiger partial charge in [0.05, 0.1) is 51.2 Å². The van der Waals surface area contributed by atoms with Gasteiger partial charge in [-0.25, -0.2) is 9.36 Å². The molecule has 9 nitrogen and oxygen atoms in total. The van der Waals surface area contributed by atoms with E-state index in [0.717, 1.165) is 58.4 Å². The molecule has 0 saturated carbocycles. The molecule has 1 aliphatic heterocycles. The normalized spacial score (nSPS) is 13.8. The molecule has 5 aromatic rings. The highest BCUT2D eigenvalue weighted by Gasteiger charge is 2.17. The molecule has 0 radical (unpaired) electrons. The monoisotopic (exact) mass is 555 g/mol. The molecule has 204 valence electrons. The molecule has 1 saturated heterocycles. The van der Waals surface area contributed by atoms with Crippen molar-refractivity contribution in [2.24, 2.45) is 0 Å². The number of nitrogens with zero attached hydrogens (tertiary/aromatic N) is 5. The van der Waals surface area contributed by atoms with Crippen LogP contribution in [-0.4, -0.2) is 65.0 Å². The molecular formula is C30H29N5O4S. The Kier molecular flexibility index (Phi) is 7.45. The van der Waals surface area contributed by atoms with Gasteiger partial charge < -0.3 is 18.6 Å². The van der Waals surface area contributed by atoms with E-state index in [2.05, 4.69) is 16.1 Å². The van der Waals surface area contributed by atoms with Gasteiger partial charge in [0, 0.05) is 29.8 Å². The highest BCUT2D eigenvalue weighted by Crippen LogP contribution is 2.31. The maximum Gasteiger partial charge on any atom is 0.288 e. The number of hydrogen-bond donors (Lipinski definition) is 0. The summed E-state index contributed by atoms with van der Waals surface area (Å²) in [5, 5.41) is 9.61. The average Bonchev–Trinajstić information content (AvgIpc) is 3.62. The second kappa shape index (κ2) is 11.5. The van der Waals surface area contributed by atoms with Gasteiger partial charge in [-0.2, -0.15) is 5.10 Å². The highest BCUT2D eigenvalue weighted by atomic mass is 32.1. The largest absolute Gasteiger partial charge is 0.497 e. The van der Waals surface area contributed by atoms with Gasteiger partial charge in [0.15, 0.2) is 0 Å². The van der Waals surface area contributed by atoms with Crippen LogP contribution in [-0.2, 0) is 11.4 Å². The van der Waals surface area contributed by atoms with E-state index in [1.165, 1.54) is 0 Å².